The molecule has 0 saturated heterocycles. The Morgan fingerprint density at radius 1 is 1.19 bits per heavy atom. The molecule has 3 nitrogen and oxygen atoms in total. The molecule has 21 heavy (non-hydrogen) atoms. The Hall–Kier alpha value is -2.29. The average molecular weight is 282 g/mol. The Morgan fingerprint density at radius 2 is 1.90 bits per heavy atom. The largest absolute Gasteiger partial charge is 0.398 e. The number of hydrogen-bond acceptors (Lipinski definition) is 2. The first-order valence-electron chi connectivity index (χ1n) is 7.27. The van der Waals surface area contributed by atoms with E-state index >= 15 is 0 Å². The summed E-state index contributed by atoms with van der Waals surface area (Å²) < 4.78 is 0. The number of benzene rings is 2. The topological polar surface area (TPSA) is 55.1 Å². The summed E-state index contributed by atoms with van der Waals surface area (Å²) >= 11 is 0. The van der Waals surface area contributed by atoms with Crippen LogP contribution < -0.4 is 11.1 Å². The number of nitrogens with two attached hydrogens (primary N) is 1. The van der Waals surface area contributed by atoms with Crippen molar-refractivity contribution in [2.24, 2.45) is 0 Å². The van der Waals surface area contributed by atoms with Gasteiger partial charge in [-0.2, -0.15) is 0 Å². The maximum absolute atomic E-state index is 12.1. The molecule has 1 atom stereocenters. The maximum atomic E-state index is 12.1. The van der Waals surface area contributed by atoms with Crippen molar-refractivity contribution in [2.75, 3.05) is 12.3 Å². The Morgan fingerprint density at radius 3 is 2.57 bits per heavy atom. The van der Waals surface area contributed by atoms with E-state index in [0.29, 0.717) is 23.7 Å². The minimum Gasteiger partial charge on any atom is -0.398 e. The van der Waals surface area contributed by atoms with Gasteiger partial charge < -0.3 is 11.1 Å². The number of nitrogen functional groups attached to an aromatic ring is 1. The number of nitrogens with one attached hydrogen (secondary N) is 1. The fourth-order valence-electron chi connectivity index (χ4n) is 2.23. The van der Waals surface area contributed by atoms with Crippen molar-refractivity contribution in [3.05, 3.63) is 65.2 Å². The fourth-order valence-corrected chi connectivity index (χ4v) is 2.23. The van der Waals surface area contributed by atoms with Crippen LogP contribution in [0, 0.1) is 6.92 Å². The van der Waals surface area contributed by atoms with Gasteiger partial charge in [0.2, 0.25) is 0 Å². The van der Waals surface area contributed by atoms with Crippen molar-refractivity contribution < 1.29 is 4.79 Å². The summed E-state index contributed by atoms with van der Waals surface area (Å²) in [7, 11) is 0. The Bertz CT molecular complexity index is 608. The number of aryl methyl sites for hydroxylation is 1. The molecule has 2 rings (SSSR count). The molecule has 0 saturated carbocycles. The Kier molecular flexibility index (Phi) is 4.99. The molecule has 0 bridgehead atoms. The van der Waals surface area contributed by atoms with Crippen LogP contribution in [0.5, 0.6) is 0 Å². The highest BCUT2D eigenvalue weighted by molar-refractivity contribution is 5.95. The van der Waals surface area contributed by atoms with Gasteiger partial charge in [-0.3, -0.25) is 4.79 Å². The van der Waals surface area contributed by atoms with Gasteiger partial charge in [0.15, 0.2) is 0 Å². The highest BCUT2D eigenvalue weighted by Gasteiger charge is 2.08. The molecular formula is C18H22N2O. The van der Waals surface area contributed by atoms with Gasteiger partial charge in [0.05, 0.1) is 0 Å². The maximum Gasteiger partial charge on any atom is 0.251 e. The zero-order valence-corrected chi connectivity index (χ0v) is 12.6. The molecule has 0 spiro atoms. The van der Waals surface area contributed by atoms with Crippen LogP contribution in [-0.4, -0.2) is 12.5 Å². The molecule has 0 aliphatic rings. The second-order valence-corrected chi connectivity index (χ2v) is 5.43. The van der Waals surface area contributed by atoms with E-state index in [1.165, 1.54) is 5.56 Å². The first-order valence-corrected chi connectivity index (χ1v) is 7.27. The second kappa shape index (κ2) is 6.93. The normalized spacial score (nSPS) is 11.9. The summed E-state index contributed by atoms with van der Waals surface area (Å²) in [6.07, 6.45) is 0.914. The lowest BCUT2D eigenvalue weighted by Crippen LogP contribution is -2.25. The molecule has 110 valence electrons. The van der Waals surface area contributed by atoms with E-state index in [0.717, 1.165) is 12.0 Å². The highest BCUT2D eigenvalue weighted by Crippen LogP contribution is 2.18. The molecule has 2 aromatic carbocycles. The molecule has 0 aromatic heterocycles. The monoisotopic (exact) mass is 282 g/mol. The van der Waals surface area contributed by atoms with E-state index in [1.807, 2.05) is 37.3 Å². The lowest BCUT2D eigenvalue weighted by atomic mass is 9.98. The predicted octanol–water partition coefficient (Wildman–Crippen LogP) is 3.50. The van der Waals surface area contributed by atoms with E-state index in [9.17, 15) is 4.79 Å². The second-order valence-electron chi connectivity index (χ2n) is 5.43. The summed E-state index contributed by atoms with van der Waals surface area (Å²) in [5.41, 5.74) is 9.39. The van der Waals surface area contributed by atoms with Crippen molar-refractivity contribution in [1.82, 2.24) is 5.32 Å². The van der Waals surface area contributed by atoms with E-state index in [-0.39, 0.29) is 5.91 Å². The van der Waals surface area contributed by atoms with Crippen LogP contribution in [0.4, 0.5) is 5.69 Å². The van der Waals surface area contributed by atoms with Crippen molar-refractivity contribution in [2.45, 2.75) is 26.2 Å². The number of anilines is 1. The molecule has 0 heterocycles. The van der Waals surface area contributed by atoms with Gasteiger partial charge in [0.1, 0.15) is 0 Å². The zero-order valence-electron chi connectivity index (χ0n) is 12.6. The Labute approximate surface area is 126 Å². The van der Waals surface area contributed by atoms with Crippen LogP contribution in [0.25, 0.3) is 0 Å². The third-order valence-electron chi connectivity index (χ3n) is 3.77. The average Bonchev–Trinajstić information content (AvgIpc) is 2.50. The van der Waals surface area contributed by atoms with Crippen LogP contribution >= 0.6 is 0 Å². The third-order valence-corrected chi connectivity index (χ3v) is 3.77. The van der Waals surface area contributed by atoms with E-state index in [1.54, 1.807) is 6.07 Å². The van der Waals surface area contributed by atoms with Crippen LogP contribution in [-0.2, 0) is 0 Å². The van der Waals surface area contributed by atoms with E-state index in [2.05, 4.69) is 24.4 Å². The molecule has 3 N–H and O–H groups in total. The third kappa shape index (κ3) is 4.09. The molecule has 2 aromatic rings. The summed E-state index contributed by atoms with van der Waals surface area (Å²) in [5.74, 6) is 0.358. The summed E-state index contributed by atoms with van der Waals surface area (Å²) in [5, 5.41) is 2.95. The molecule has 1 amide bonds. The van der Waals surface area contributed by atoms with Crippen molar-refractivity contribution in [3.8, 4) is 0 Å². The van der Waals surface area contributed by atoms with Crippen molar-refractivity contribution in [3.63, 3.8) is 0 Å². The van der Waals surface area contributed by atoms with Crippen molar-refractivity contribution in [1.29, 1.82) is 0 Å². The lowest BCUT2D eigenvalue weighted by molar-refractivity contribution is 0.0952. The standard InChI is InChI=1S/C18H22N2O/c1-13(15-6-4-3-5-7-15)10-11-20-18(21)16-9-8-14(2)17(19)12-16/h3-9,12-13H,10-11,19H2,1-2H3,(H,20,21). The first kappa shape index (κ1) is 15.1. The predicted molar refractivity (Wildman–Crippen MR) is 87.4 cm³/mol. The summed E-state index contributed by atoms with van der Waals surface area (Å²) in [6.45, 7) is 4.76. The summed E-state index contributed by atoms with van der Waals surface area (Å²) in [6, 6.07) is 15.7. The molecule has 0 radical (unpaired) electrons. The highest BCUT2D eigenvalue weighted by atomic mass is 16.1. The smallest absolute Gasteiger partial charge is 0.251 e. The number of carbonyl (C=O) groups is 1. The van der Waals surface area contributed by atoms with Crippen LogP contribution in [0.2, 0.25) is 0 Å². The quantitative estimate of drug-likeness (QED) is 0.825. The molecule has 3 heteroatoms. The number of hydrogen-bond donors (Lipinski definition) is 2. The fraction of sp³-hybridized carbons (Fsp3) is 0.278. The molecular weight excluding hydrogens is 260 g/mol. The SMILES string of the molecule is Cc1ccc(C(=O)NCCC(C)c2ccccc2)cc1N. The lowest BCUT2D eigenvalue weighted by Gasteiger charge is -2.12. The van der Waals surface area contributed by atoms with E-state index in [4.69, 9.17) is 5.73 Å². The molecule has 0 fully saturated rings. The van der Waals surface area contributed by atoms with Gasteiger partial charge in [0.25, 0.3) is 5.91 Å². The van der Waals surface area contributed by atoms with Gasteiger partial charge in [-0.15, -0.1) is 0 Å². The van der Waals surface area contributed by atoms with Crippen LogP contribution in [0.1, 0.15) is 40.7 Å². The van der Waals surface area contributed by atoms with Crippen molar-refractivity contribution >= 4 is 11.6 Å². The molecule has 0 aliphatic heterocycles. The van der Waals surface area contributed by atoms with Crippen LogP contribution in [0.15, 0.2) is 48.5 Å². The van der Waals surface area contributed by atoms with Gasteiger partial charge >= 0.3 is 0 Å². The zero-order chi connectivity index (χ0) is 15.2. The molecule has 0 aliphatic carbocycles. The van der Waals surface area contributed by atoms with E-state index < -0.39 is 0 Å². The minimum atomic E-state index is -0.0676. The number of carbonyl (C=O) groups excluding carboxylic acids is 1. The van der Waals surface area contributed by atoms with Gasteiger partial charge in [-0.25, -0.2) is 0 Å². The number of amides is 1. The minimum absolute atomic E-state index is 0.0676. The first-order chi connectivity index (χ1) is 10.1. The van der Waals surface area contributed by atoms with Gasteiger partial charge in [-0.1, -0.05) is 43.3 Å². The van der Waals surface area contributed by atoms with Gasteiger partial charge in [0, 0.05) is 17.8 Å². The molecule has 1 unspecified atom stereocenters. The summed E-state index contributed by atoms with van der Waals surface area (Å²) in [4.78, 5) is 12.1. The van der Waals surface area contributed by atoms with Crippen LogP contribution in [0.3, 0.4) is 0 Å². The Balaban J connectivity index is 1.85. The van der Waals surface area contributed by atoms with Gasteiger partial charge in [-0.05, 0) is 42.5 Å². The number of rotatable bonds is 5.